The van der Waals surface area contributed by atoms with Gasteiger partial charge in [-0.3, -0.25) is 14.6 Å². The van der Waals surface area contributed by atoms with Crippen LogP contribution in [0.4, 0.5) is 0 Å². The zero-order chi connectivity index (χ0) is 15.4. The minimum absolute atomic E-state index is 0.0913. The van der Waals surface area contributed by atoms with Crippen LogP contribution in [0.2, 0.25) is 0 Å². The number of likely N-dealkylation sites (tertiary alicyclic amines) is 1. The van der Waals surface area contributed by atoms with Crippen molar-refractivity contribution >= 4 is 22.7 Å². The fourth-order valence-corrected chi connectivity index (χ4v) is 2.80. The normalized spacial score (nSPS) is 14.5. The summed E-state index contributed by atoms with van der Waals surface area (Å²) in [4.78, 5) is 29.9. The van der Waals surface area contributed by atoms with Crippen LogP contribution in [0, 0.1) is 0 Å². The quantitative estimate of drug-likeness (QED) is 0.858. The van der Waals surface area contributed by atoms with Crippen LogP contribution in [0.5, 0.6) is 0 Å². The minimum Gasteiger partial charge on any atom is -0.352 e. The molecule has 0 saturated carbocycles. The van der Waals surface area contributed by atoms with Gasteiger partial charge in [0.15, 0.2) is 0 Å². The SMILES string of the molecule is O=C(NCCCN1CCCC1=O)c1ccnc2ccccc12. The first-order valence-electron chi connectivity index (χ1n) is 7.65. The molecule has 0 atom stereocenters. The lowest BCUT2D eigenvalue weighted by molar-refractivity contribution is -0.127. The molecule has 2 heterocycles. The summed E-state index contributed by atoms with van der Waals surface area (Å²) in [5.41, 5.74) is 1.46. The zero-order valence-electron chi connectivity index (χ0n) is 12.4. The van der Waals surface area contributed by atoms with E-state index in [0.29, 0.717) is 18.5 Å². The van der Waals surface area contributed by atoms with E-state index in [0.717, 1.165) is 36.8 Å². The van der Waals surface area contributed by atoms with Crippen LogP contribution in [0.25, 0.3) is 10.9 Å². The summed E-state index contributed by atoms with van der Waals surface area (Å²) in [6.45, 7) is 2.14. The summed E-state index contributed by atoms with van der Waals surface area (Å²) >= 11 is 0. The average Bonchev–Trinajstić information content (AvgIpc) is 2.96. The maximum atomic E-state index is 12.3. The Labute approximate surface area is 129 Å². The van der Waals surface area contributed by atoms with Crippen molar-refractivity contribution in [2.75, 3.05) is 19.6 Å². The summed E-state index contributed by atoms with van der Waals surface area (Å²) in [6, 6.07) is 9.34. The van der Waals surface area contributed by atoms with Gasteiger partial charge in [0.05, 0.1) is 11.1 Å². The van der Waals surface area contributed by atoms with E-state index in [1.807, 2.05) is 29.2 Å². The molecule has 5 nitrogen and oxygen atoms in total. The number of nitrogens with one attached hydrogen (secondary N) is 1. The molecule has 0 aliphatic carbocycles. The Hall–Kier alpha value is -2.43. The van der Waals surface area contributed by atoms with E-state index >= 15 is 0 Å². The highest BCUT2D eigenvalue weighted by Gasteiger charge is 2.19. The van der Waals surface area contributed by atoms with Gasteiger partial charge >= 0.3 is 0 Å². The van der Waals surface area contributed by atoms with Gasteiger partial charge in [0.1, 0.15) is 0 Å². The molecule has 0 radical (unpaired) electrons. The number of para-hydroxylation sites is 1. The summed E-state index contributed by atoms with van der Waals surface area (Å²) in [7, 11) is 0. The minimum atomic E-state index is -0.0913. The molecule has 1 aromatic heterocycles. The topological polar surface area (TPSA) is 62.3 Å². The first-order valence-corrected chi connectivity index (χ1v) is 7.65. The van der Waals surface area contributed by atoms with Gasteiger partial charge in [0.2, 0.25) is 5.91 Å². The van der Waals surface area contributed by atoms with Crippen molar-refractivity contribution in [1.82, 2.24) is 15.2 Å². The van der Waals surface area contributed by atoms with Gasteiger partial charge in [0.25, 0.3) is 5.91 Å². The summed E-state index contributed by atoms with van der Waals surface area (Å²) < 4.78 is 0. The predicted octanol–water partition coefficient (Wildman–Crippen LogP) is 1.98. The largest absolute Gasteiger partial charge is 0.352 e. The second-order valence-corrected chi connectivity index (χ2v) is 5.47. The van der Waals surface area contributed by atoms with Crippen LogP contribution in [0.15, 0.2) is 36.5 Å². The Balaban J connectivity index is 1.56. The number of carbonyl (C=O) groups excluding carboxylic acids is 2. The molecule has 0 spiro atoms. The lowest BCUT2D eigenvalue weighted by Gasteiger charge is -2.15. The molecular weight excluding hydrogens is 278 g/mol. The molecule has 5 heteroatoms. The van der Waals surface area contributed by atoms with Gasteiger partial charge in [-0.25, -0.2) is 0 Å². The van der Waals surface area contributed by atoms with E-state index in [1.165, 1.54) is 0 Å². The molecule has 1 N–H and O–H groups in total. The monoisotopic (exact) mass is 297 g/mol. The third-order valence-electron chi connectivity index (χ3n) is 3.96. The number of hydrogen-bond acceptors (Lipinski definition) is 3. The molecule has 0 unspecified atom stereocenters. The van der Waals surface area contributed by atoms with E-state index in [-0.39, 0.29) is 11.8 Å². The van der Waals surface area contributed by atoms with Crippen LogP contribution in [-0.2, 0) is 4.79 Å². The molecule has 1 aromatic carbocycles. The van der Waals surface area contributed by atoms with Gasteiger partial charge in [-0.05, 0) is 25.0 Å². The van der Waals surface area contributed by atoms with Crippen molar-refractivity contribution in [3.8, 4) is 0 Å². The molecule has 1 fully saturated rings. The molecule has 1 aliphatic heterocycles. The van der Waals surface area contributed by atoms with Crippen LogP contribution >= 0.6 is 0 Å². The van der Waals surface area contributed by atoms with Crippen molar-refractivity contribution < 1.29 is 9.59 Å². The Bertz CT molecular complexity index is 694. The summed E-state index contributed by atoms with van der Waals surface area (Å²) in [6.07, 6.45) is 4.05. The third-order valence-corrected chi connectivity index (χ3v) is 3.96. The van der Waals surface area contributed by atoms with E-state index in [4.69, 9.17) is 0 Å². The molecule has 114 valence electrons. The van der Waals surface area contributed by atoms with Gasteiger partial charge < -0.3 is 10.2 Å². The second kappa shape index (κ2) is 6.56. The zero-order valence-corrected chi connectivity index (χ0v) is 12.4. The number of fused-ring (bicyclic) bond motifs is 1. The van der Waals surface area contributed by atoms with Crippen molar-refractivity contribution in [2.24, 2.45) is 0 Å². The van der Waals surface area contributed by atoms with E-state index in [1.54, 1.807) is 12.3 Å². The van der Waals surface area contributed by atoms with Crippen molar-refractivity contribution in [3.63, 3.8) is 0 Å². The lowest BCUT2D eigenvalue weighted by Crippen LogP contribution is -2.30. The maximum Gasteiger partial charge on any atom is 0.252 e. The standard InChI is InChI=1S/C17H19N3O2/c21-16-7-3-11-20(16)12-4-9-19-17(22)14-8-10-18-15-6-2-1-5-13(14)15/h1-2,5-6,8,10H,3-4,7,9,11-12H2,(H,19,22). The molecule has 2 aromatic rings. The predicted molar refractivity (Wildman–Crippen MR) is 84.5 cm³/mol. The number of pyridine rings is 1. The number of aromatic nitrogens is 1. The highest BCUT2D eigenvalue weighted by molar-refractivity contribution is 6.05. The van der Waals surface area contributed by atoms with Crippen LogP contribution < -0.4 is 5.32 Å². The van der Waals surface area contributed by atoms with Crippen molar-refractivity contribution in [2.45, 2.75) is 19.3 Å². The summed E-state index contributed by atoms with van der Waals surface area (Å²) in [5, 5.41) is 3.78. The van der Waals surface area contributed by atoms with E-state index < -0.39 is 0 Å². The van der Waals surface area contributed by atoms with E-state index in [9.17, 15) is 9.59 Å². The molecule has 1 aliphatic rings. The molecule has 22 heavy (non-hydrogen) atoms. The van der Waals surface area contributed by atoms with Crippen LogP contribution in [0.3, 0.4) is 0 Å². The first kappa shape index (κ1) is 14.5. The van der Waals surface area contributed by atoms with Gasteiger partial charge in [-0.2, -0.15) is 0 Å². The average molecular weight is 297 g/mol. The lowest BCUT2D eigenvalue weighted by atomic mass is 10.1. The molecule has 0 bridgehead atoms. The smallest absolute Gasteiger partial charge is 0.252 e. The first-order chi connectivity index (χ1) is 10.8. The van der Waals surface area contributed by atoms with Gasteiger partial charge in [-0.1, -0.05) is 18.2 Å². The number of amides is 2. The Morgan fingerprint density at radius 2 is 2.14 bits per heavy atom. The van der Waals surface area contributed by atoms with Crippen molar-refractivity contribution in [3.05, 3.63) is 42.1 Å². The van der Waals surface area contributed by atoms with Crippen LogP contribution in [0.1, 0.15) is 29.6 Å². The Kier molecular flexibility index (Phi) is 4.32. The maximum absolute atomic E-state index is 12.3. The second-order valence-electron chi connectivity index (χ2n) is 5.47. The van der Waals surface area contributed by atoms with Gasteiger partial charge in [-0.15, -0.1) is 0 Å². The fourth-order valence-electron chi connectivity index (χ4n) is 2.80. The fraction of sp³-hybridized carbons (Fsp3) is 0.353. The highest BCUT2D eigenvalue weighted by Crippen LogP contribution is 2.16. The number of carbonyl (C=O) groups is 2. The van der Waals surface area contributed by atoms with Crippen LogP contribution in [-0.4, -0.2) is 41.3 Å². The Morgan fingerprint density at radius 3 is 2.95 bits per heavy atom. The summed E-state index contributed by atoms with van der Waals surface area (Å²) in [5.74, 6) is 0.137. The Morgan fingerprint density at radius 1 is 1.27 bits per heavy atom. The van der Waals surface area contributed by atoms with E-state index in [2.05, 4.69) is 10.3 Å². The highest BCUT2D eigenvalue weighted by atomic mass is 16.2. The van der Waals surface area contributed by atoms with Gasteiger partial charge in [0, 0.05) is 37.6 Å². The number of rotatable bonds is 5. The third kappa shape index (κ3) is 3.08. The number of nitrogens with zero attached hydrogens (tertiary/aromatic N) is 2. The molecular formula is C17H19N3O2. The molecule has 1 saturated heterocycles. The number of hydrogen-bond donors (Lipinski definition) is 1. The van der Waals surface area contributed by atoms with Crippen molar-refractivity contribution in [1.29, 1.82) is 0 Å². The molecule has 3 rings (SSSR count). The number of benzene rings is 1. The molecule has 2 amide bonds.